The summed E-state index contributed by atoms with van der Waals surface area (Å²) in [7, 11) is 0. The first kappa shape index (κ1) is 20.4. The second-order valence-corrected chi connectivity index (χ2v) is 7.82. The highest BCUT2D eigenvalue weighted by atomic mass is 16.5. The predicted octanol–water partition coefficient (Wildman–Crippen LogP) is 3.58. The normalized spacial score (nSPS) is 16.2. The third-order valence-corrected chi connectivity index (χ3v) is 4.72. The SMILES string of the molecule is CCOc1ccc(NC(=O)c2oc3c(c2C)/C(=N\NC(N)=O)CC(C)(C)C3)cc1. The third kappa shape index (κ3) is 4.59. The van der Waals surface area contributed by atoms with E-state index >= 15 is 0 Å². The van der Waals surface area contributed by atoms with E-state index in [1.54, 1.807) is 24.3 Å². The summed E-state index contributed by atoms with van der Waals surface area (Å²) in [6.07, 6.45) is 1.29. The fourth-order valence-electron chi connectivity index (χ4n) is 3.54. The van der Waals surface area contributed by atoms with E-state index in [9.17, 15) is 9.59 Å². The van der Waals surface area contributed by atoms with Crippen LogP contribution in [0.15, 0.2) is 33.8 Å². The van der Waals surface area contributed by atoms with Gasteiger partial charge in [0.2, 0.25) is 0 Å². The molecule has 2 aromatic rings. The van der Waals surface area contributed by atoms with Gasteiger partial charge >= 0.3 is 6.03 Å². The first-order valence-electron chi connectivity index (χ1n) is 9.49. The molecule has 1 aliphatic rings. The van der Waals surface area contributed by atoms with Gasteiger partial charge in [0.1, 0.15) is 11.5 Å². The van der Waals surface area contributed by atoms with Gasteiger partial charge in [0.15, 0.2) is 5.76 Å². The Bertz CT molecular complexity index is 958. The zero-order chi connectivity index (χ0) is 21.2. The number of furan rings is 1. The van der Waals surface area contributed by atoms with Gasteiger partial charge in [-0.05, 0) is 49.9 Å². The first-order chi connectivity index (χ1) is 13.7. The minimum atomic E-state index is -0.739. The summed E-state index contributed by atoms with van der Waals surface area (Å²) in [6, 6.07) is 6.39. The molecular formula is C21H26N4O4. The summed E-state index contributed by atoms with van der Waals surface area (Å²) in [5, 5.41) is 7.00. The molecule has 1 aliphatic carbocycles. The Morgan fingerprint density at radius 2 is 1.93 bits per heavy atom. The molecule has 8 nitrogen and oxygen atoms in total. The Hall–Kier alpha value is -3.29. The second-order valence-electron chi connectivity index (χ2n) is 7.82. The van der Waals surface area contributed by atoms with Gasteiger partial charge in [-0.3, -0.25) is 4.79 Å². The molecule has 0 radical (unpaired) electrons. The minimum Gasteiger partial charge on any atom is -0.494 e. The van der Waals surface area contributed by atoms with Crippen molar-refractivity contribution in [1.29, 1.82) is 0 Å². The van der Waals surface area contributed by atoms with Crippen molar-refractivity contribution in [1.82, 2.24) is 5.43 Å². The lowest BCUT2D eigenvalue weighted by atomic mass is 9.75. The molecule has 0 saturated carbocycles. The number of hydrogen-bond acceptors (Lipinski definition) is 5. The van der Waals surface area contributed by atoms with E-state index in [-0.39, 0.29) is 17.1 Å². The maximum absolute atomic E-state index is 12.8. The number of nitrogens with zero attached hydrogens (tertiary/aromatic N) is 1. The Morgan fingerprint density at radius 1 is 1.24 bits per heavy atom. The van der Waals surface area contributed by atoms with E-state index in [2.05, 4.69) is 29.7 Å². The van der Waals surface area contributed by atoms with Crippen LogP contribution in [0.2, 0.25) is 0 Å². The number of benzene rings is 1. The second kappa shape index (κ2) is 7.98. The first-order valence-corrected chi connectivity index (χ1v) is 9.49. The third-order valence-electron chi connectivity index (χ3n) is 4.72. The molecule has 3 rings (SSSR count). The summed E-state index contributed by atoms with van der Waals surface area (Å²) in [4.78, 5) is 23.9. The van der Waals surface area contributed by atoms with Gasteiger partial charge in [0.25, 0.3) is 5.91 Å². The highest BCUT2D eigenvalue weighted by molar-refractivity contribution is 6.09. The lowest BCUT2D eigenvalue weighted by Gasteiger charge is -2.29. The van der Waals surface area contributed by atoms with Crippen molar-refractivity contribution in [2.24, 2.45) is 16.3 Å². The number of nitrogens with one attached hydrogen (secondary N) is 2. The van der Waals surface area contributed by atoms with Gasteiger partial charge in [0, 0.05) is 23.2 Å². The van der Waals surface area contributed by atoms with Crippen LogP contribution in [0, 0.1) is 12.3 Å². The average Bonchev–Trinajstić information content (AvgIpc) is 2.97. The van der Waals surface area contributed by atoms with Crippen molar-refractivity contribution in [3.05, 3.63) is 46.9 Å². The molecule has 4 N–H and O–H groups in total. The number of amides is 3. The summed E-state index contributed by atoms with van der Waals surface area (Å²) >= 11 is 0. The molecule has 154 valence electrons. The number of anilines is 1. The fourth-order valence-corrected chi connectivity index (χ4v) is 3.54. The van der Waals surface area contributed by atoms with E-state index in [0.29, 0.717) is 42.2 Å². The molecule has 0 saturated heterocycles. The molecule has 0 aliphatic heterocycles. The van der Waals surface area contributed by atoms with Gasteiger partial charge in [0.05, 0.1) is 12.3 Å². The van der Waals surface area contributed by atoms with Crippen LogP contribution in [-0.2, 0) is 6.42 Å². The topological polar surface area (TPSA) is 119 Å². The quantitative estimate of drug-likeness (QED) is 0.667. The summed E-state index contributed by atoms with van der Waals surface area (Å²) < 4.78 is 11.4. The van der Waals surface area contributed by atoms with E-state index < -0.39 is 6.03 Å². The lowest BCUT2D eigenvalue weighted by Crippen LogP contribution is -2.31. The smallest absolute Gasteiger partial charge is 0.332 e. The number of urea groups is 1. The molecule has 8 heteroatoms. The number of nitrogens with two attached hydrogens (primary N) is 1. The highest BCUT2D eigenvalue weighted by Crippen LogP contribution is 2.39. The van der Waals surface area contributed by atoms with Crippen LogP contribution >= 0.6 is 0 Å². The fraction of sp³-hybridized carbons (Fsp3) is 0.381. The summed E-state index contributed by atoms with van der Waals surface area (Å²) in [5.41, 5.74) is 10.0. The molecule has 0 unspecified atom stereocenters. The molecule has 3 amide bonds. The van der Waals surface area contributed by atoms with Gasteiger partial charge < -0.3 is 20.2 Å². The van der Waals surface area contributed by atoms with Crippen molar-refractivity contribution in [2.75, 3.05) is 11.9 Å². The molecule has 1 aromatic carbocycles. The molecular weight excluding hydrogens is 372 g/mol. The van der Waals surface area contributed by atoms with Crippen molar-refractivity contribution in [2.45, 2.75) is 40.5 Å². The number of rotatable bonds is 5. The molecule has 0 bridgehead atoms. The minimum absolute atomic E-state index is 0.127. The van der Waals surface area contributed by atoms with Gasteiger partial charge in [-0.25, -0.2) is 10.2 Å². The Kier molecular flexibility index (Phi) is 5.63. The number of ether oxygens (including phenoxy) is 1. The van der Waals surface area contributed by atoms with E-state index in [1.165, 1.54) is 0 Å². The van der Waals surface area contributed by atoms with Crippen LogP contribution in [-0.4, -0.2) is 24.3 Å². The van der Waals surface area contributed by atoms with Crippen LogP contribution in [0.25, 0.3) is 0 Å². The number of carbonyl (C=O) groups excluding carboxylic acids is 2. The number of hydrazone groups is 1. The van der Waals surface area contributed by atoms with Crippen LogP contribution in [0.3, 0.4) is 0 Å². The molecule has 0 spiro atoms. The van der Waals surface area contributed by atoms with Gasteiger partial charge in [-0.15, -0.1) is 0 Å². The van der Waals surface area contributed by atoms with Crippen LogP contribution in [0.1, 0.15) is 54.6 Å². The van der Waals surface area contributed by atoms with Crippen LogP contribution < -0.4 is 21.2 Å². The molecule has 0 fully saturated rings. The Morgan fingerprint density at radius 3 is 2.55 bits per heavy atom. The number of carbonyl (C=O) groups is 2. The van der Waals surface area contributed by atoms with Crippen molar-refractivity contribution in [3.8, 4) is 5.75 Å². The number of primary amides is 1. The Labute approximate surface area is 169 Å². The maximum atomic E-state index is 12.8. The molecule has 1 heterocycles. The number of fused-ring (bicyclic) bond motifs is 1. The van der Waals surface area contributed by atoms with E-state index in [0.717, 1.165) is 11.3 Å². The van der Waals surface area contributed by atoms with Crippen molar-refractivity contribution < 1.29 is 18.7 Å². The van der Waals surface area contributed by atoms with E-state index in [4.69, 9.17) is 14.9 Å². The zero-order valence-corrected chi connectivity index (χ0v) is 17.1. The van der Waals surface area contributed by atoms with Crippen LogP contribution in [0.5, 0.6) is 5.75 Å². The lowest BCUT2D eigenvalue weighted by molar-refractivity contribution is 0.0993. The summed E-state index contributed by atoms with van der Waals surface area (Å²) in [6.45, 7) is 8.46. The zero-order valence-electron chi connectivity index (χ0n) is 17.1. The predicted molar refractivity (Wildman–Crippen MR) is 110 cm³/mol. The highest BCUT2D eigenvalue weighted by Gasteiger charge is 2.36. The summed E-state index contributed by atoms with van der Waals surface area (Å²) in [5.74, 6) is 1.30. The maximum Gasteiger partial charge on any atom is 0.332 e. The molecule has 29 heavy (non-hydrogen) atoms. The average molecular weight is 398 g/mol. The van der Waals surface area contributed by atoms with E-state index in [1.807, 2.05) is 13.8 Å². The standard InChI is InChI=1S/C21H26N4O4/c1-5-28-14-8-6-13(7-9-14)23-19(26)18-12(2)17-15(24-25-20(22)27)10-21(3,4)11-16(17)29-18/h6-9H,5,10-11H2,1-4H3,(H,23,26)(H3,22,25,27)/b24-15-. The monoisotopic (exact) mass is 398 g/mol. The Balaban J connectivity index is 1.89. The molecule has 0 atom stereocenters. The van der Waals surface area contributed by atoms with Crippen molar-refractivity contribution in [3.63, 3.8) is 0 Å². The largest absolute Gasteiger partial charge is 0.494 e. The molecule has 1 aromatic heterocycles. The number of hydrogen-bond donors (Lipinski definition) is 3. The van der Waals surface area contributed by atoms with Crippen LogP contribution in [0.4, 0.5) is 10.5 Å². The van der Waals surface area contributed by atoms with Gasteiger partial charge in [-0.2, -0.15) is 5.10 Å². The van der Waals surface area contributed by atoms with Gasteiger partial charge in [-0.1, -0.05) is 13.8 Å². The van der Waals surface area contributed by atoms with Crippen molar-refractivity contribution >= 4 is 23.3 Å².